The van der Waals surface area contributed by atoms with Crippen molar-refractivity contribution in [2.75, 3.05) is 47.5 Å². The average Bonchev–Trinajstić information content (AvgIpc) is 3.32. The standard InChI is InChI=1S/C60H98NO8P/c1-6-8-10-12-14-16-18-20-22-24-26-27-28-29-30-31-32-33-35-36-38-40-42-44-46-48-50-52-59(62)66-56-58(57-68-70(64,65)67-55-54-61(3,4)5)69-60(63)53-51-49-47-45-43-41-39-37-34-25-23-21-19-17-15-13-11-9-7-2/h8-11,14-17,20-23,26-27,29-30,34,37,41,43,47,49,58H,6-7,12-13,18-19,24-25,28,31-33,35-36,38-40,42,44-46,48,50-57H2,1-5H3/b10-8-,11-9-,16-14-,17-15-,22-20-,23-21-,27-26-,30-29-,37-34-,43-41-,49-47-. The van der Waals surface area contributed by atoms with E-state index in [9.17, 15) is 19.0 Å². The van der Waals surface area contributed by atoms with Gasteiger partial charge in [0, 0.05) is 12.8 Å². The Morgan fingerprint density at radius 3 is 1.20 bits per heavy atom. The highest BCUT2D eigenvalue weighted by molar-refractivity contribution is 7.45. The minimum atomic E-state index is -4.66. The SMILES string of the molecule is CC/C=C\C/C=C\C/C=C\C/C=C\C/C=C\C/C=C\CCC(=O)OC(COC(=O)CCCCCCCCCCCCC/C=C\C/C=C\C/C=C\C/C=C\C/C=C\CC)COP(=O)([O-])OCC[N+](C)(C)C. The molecule has 0 aromatic heterocycles. The normalized spacial score (nSPS) is 14.4. The molecule has 0 bridgehead atoms. The quantitative estimate of drug-likeness (QED) is 0.0195. The molecule has 0 radical (unpaired) electrons. The minimum absolute atomic E-state index is 0.0524. The van der Waals surface area contributed by atoms with Crippen LogP contribution in [0.2, 0.25) is 0 Å². The third-order valence-electron chi connectivity index (χ3n) is 10.7. The number of allylic oxidation sites excluding steroid dienone is 22. The summed E-state index contributed by atoms with van der Waals surface area (Å²) >= 11 is 0. The summed E-state index contributed by atoms with van der Waals surface area (Å²) in [6, 6.07) is 0. The van der Waals surface area contributed by atoms with Crippen LogP contribution >= 0.6 is 7.82 Å². The zero-order valence-corrected chi connectivity index (χ0v) is 45.5. The van der Waals surface area contributed by atoms with Crippen LogP contribution < -0.4 is 4.89 Å². The van der Waals surface area contributed by atoms with Gasteiger partial charge in [0.15, 0.2) is 6.10 Å². The van der Waals surface area contributed by atoms with Gasteiger partial charge in [-0.3, -0.25) is 14.2 Å². The van der Waals surface area contributed by atoms with Crippen LogP contribution in [0.15, 0.2) is 134 Å². The zero-order chi connectivity index (χ0) is 51.3. The largest absolute Gasteiger partial charge is 0.756 e. The molecule has 10 heteroatoms. The van der Waals surface area contributed by atoms with Crippen molar-refractivity contribution in [2.24, 2.45) is 0 Å². The molecule has 9 nitrogen and oxygen atoms in total. The lowest BCUT2D eigenvalue weighted by Gasteiger charge is -2.28. The highest BCUT2D eigenvalue weighted by atomic mass is 31.2. The number of hydrogen-bond donors (Lipinski definition) is 0. The predicted molar refractivity (Wildman–Crippen MR) is 295 cm³/mol. The number of likely N-dealkylation sites (N-methyl/N-ethyl adjacent to an activating group) is 1. The Kier molecular flexibility index (Phi) is 47.3. The molecule has 0 aliphatic rings. The summed E-state index contributed by atoms with van der Waals surface area (Å²) in [6.07, 6.45) is 72.2. The van der Waals surface area contributed by atoms with Gasteiger partial charge in [-0.25, -0.2) is 0 Å². The number of rotatable bonds is 47. The van der Waals surface area contributed by atoms with Crippen LogP contribution in [0.5, 0.6) is 0 Å². The lowest BCUT2D eigenvalue weighted by Crippen LogP contribution is -2.37. The fourth-order valence-corrected chi connectivity index (χ4v) is 7.32. The van der Waals surface area contributed by atoms with Crippen molar-refractivity contribution in [3.63, 3.8) is 0 Å². The first kappa shape index (κ1) is 66.2. The van der Waals surface area contributed by atoms with Crippen molar-refractivity contribution in [1.82, 2.24) is 0 Å². The van der Waals surface area contributed by atoms with Crippen molar-refractivity contribution >= 4 is 19.8 Å². The summed E-state index contributed by atoms with van der Waals surface area (Å²) in [7, 11) is 1.10. The van der Waals surface area contributed by atoms with E-state index in [1.807, 2.05) is 33.3 Å². The lowest BCUT2D eigenvalue weighted by atomic mass is 10.0. The molecule has 0 aromatic rings. The Morgan fingerprint density at radius 1 is 0.443 bits per heavy atom. The van der Waals surface area contributed by atoms with Crippen molar-refractivity contribution in [1.29, 1.82) is 0 Å². The topological polar surface area (TPSA) is 111 Å². The predicted octanol–water partition coefficient (Wildman–Crippen LogP) is 15.9. The molecule has 2 unspecified atom stereocenters. The van der Waals surface area contributed by atoms with Crippen LogP contribution in [-0.4, -0.2) is 70.0 Å². The first-order chi connectivity index (χ1) is 34.0. The van der Waals surface area contributed by atoms with E-state index in [1.54, 1.807) is 0 Å². The fourth-order valence-electron chi connectivity index (χ4n) is 6.59. The number of ether oxygens (including phenoxy) is 2. The number of nitrogens with zero attached hydrogens (tertiary/aromatic N) is 1. The van der Waals surface area contributed by atoms with Crippen LogP contribution in [0.3, 0.4) is 0 Å². The van der Waals surface area contributed by atoms with Crippen LogP contribution in [0.25, 0.3) is 0 Å². The molecule has 0 spiro atoms. The molecule has 0 saturated heterocycles. The number of carbonyl (C=O) groups excluding carboxylic acids is 2. The van der Waals surface area contributed by atoms with Crippen LogP contribution in [0.4, 0.5) is 0 Å². The molecule has 0 rings (SSSR count). The number of quaternary nitrogens is 1. The van der Waals surface area contributed by atoms with Crippen molar-refractivity contribution in [3.05, 3.63) is 134 Å². The Labute approximate surface area is 428 Å². The molecule has 0 aromatic carbocycles. The lowest BCUT2D eigenvalue weighted by molar-refractivity contribution is -0.870. The van der Waals surface area contributed by atoms with Crippen LogP contribution in [0, 0.1) is 0 Å². The van der Waals surface area contributed by atoms with Crippen LogP contribution in [-0.2, 0) is 32.7 Å². The van der Waals surface area contributed by atoms with Gasteiger partial charge in [0.1, 0.15) is 19.8 Å². The summed E-state index contributed by atoms with van der Waals surface area (Å²) in [5.41, 5.74) is 0. The number of phosphoric ester groups is 1. The summed E-state index contributed by atoms with van der Waals surface area (Å²) in [6.45, 7) is 3.89. The van der Waals surface area contributed by atoms with Gasteiger partial charge >= 0.3 is 11.9 Å². The molecule has 0 aliphatic heterocycles. The highest BCUT2D eigenvalue weighted by Crippen LogP contribution is 2.38. The van der Waals surface area contributed by atoms with Crippen molar-refractivity contribution in [2.45, 2.75) is 187 Å². The molecule has 396 valence electrons. The number of unbranched alkanes of at least 4 members (excludes halogenated alkanes) is 11. The van der Waals surface area contributed by atoms with Gasteiger partial charge < -0.3 is 27.9 Å². The second kappa shape index (κ2) is 50.1. The third-order valence-corrected chi connectivity index (χ3v) is 11.6. The molecular formula is C60H98NO8P. The van der Waals surface area contributed by atoms with E-state index in [0.29, 0.717) is 23.9 Å². The van der Waals surface area contributed by atoms with Crippen molar-refractivity contribution in [3.8, 4) is 0 Å². The second-order valence-electron chi connectivity index (χ2n) is 18.5. The van der Waals surface area contributed by atoms with Gasteiger partial charge in [0.25, 0.3) is 7.82 Å². The maximum absolute atomic E-state index is 12.7. The Hall–Kier alpha value is -3.85. The number of phosphoric acid groups is 1. The molecule has 0 heterocycles. The maximum atomic E-state index is 12.7. The summed E-state index contributed by atoms with van der Waals surface area (Å²) in [5.74, 6) is -0.946. The number of carbonyl (C=O) groups is 2. The summed E-state index contributed by atoms with van der Waals surface area (Å²) in [5, 5.41) is 0. The number of hydrogen-bond acceptors (Lipinski definition) is 8. The second-order valence-corrected chi connectivity index (χ2v) is 19.9. The Bertz CT molecular complexity index is 1640. The average molecular weight is 992 g/mol. The zero-order valence-electron chi connectivity index (χ0n) is 44.7. The monoisotopic (exact) mass is 992 g/mol. The fraction of sp³-hybridized carbons (Fsp3) is 0.600. The minimum Gasteiger partial charge on any atom is -0.756 e. The molecule has 0 N–H and O–H groups in total. The first-order valence-electron chi connectivity index (χ1n) is 26.9. The maximum Gasteiger partial charge on any atom is 0.306 e. The van der Waals surface area contributed by atoms with E-state index in [0.717, 1.165) is 96.3 Å². The highest BCUT2D eigenvalue weighted by Gasteiger charge is 2.21. The Morgan fingerprint density at radius 2 is 0.800 bits per heavy atom. The third kappa shape index (κ3) is 53.5. The van der Waals surface area contributed by atoms with E-state index in [1.165, 1.54) is 44.9 Å². The Balaban J connectivity index is 4.31. The molecule has 2 atom stereocenters. The summed E-state index contributed by atoms with van der Waals surface area (Å²) < 4.78 is 34.0. The van der Waals surface area contributed by atoms with Crippen molar-refractivity contribution < 1.29 is 42.1 Å². The van der Waals surface area contributed by atoms with Crippen LogP contribution in [0.1, 0.15) is 181 Å². The van der Waals surface area contributed by atoms with Gasteiger partial charge in [-0.1, -0.05) is 205 Å². The van der Waals surface area contributed by atoms with Gasteiger partial charge in [-0.15, -0.1) is 0 Å². The van der Waals surface area contributed by atoms with E-state index in [-0.39, 0.29) is 26.1 Å². The van der Waals surface area contributed by atoms with Gasteiger partial charge in [0.2, 0.25) is 0 Å². The molecule has 70 heavy (non-hydrogen) atoms. The van der Waals surface area contributed by atoms with Gasteiger partial charge in [-0.2, -0.15) is 0 Å². The molecule has 0 aliphatic carbocycles. The van der Waals surface area contributed by atoms with Gasteiger partial charge in [-0.05, 0) is 96.3 Å². The molecule has 0 saturated carbocycles. The summed E-state index contributed by atoms with van der Waals surface area (Å²) in [4.78, 5) is 37.7. The molecule has 0 fully saturated rings. The van der Waals surface area contributed by atoms with Gasteiger partial charge in [0.05, 0.1) is 27.7 Å². The smallest absolute Gasteiger partial charge is 0.306 e. The number of esters is 2. The first-order valence-corrected chi connectivity index (χ1v) is 28.4. The van der Waals surface area contributed by atoms with E-state index in [4.69, 9.17) is 18.5 Å². The molecular weight excluding hydrogens is 894 g/mol. The van der Waals surface area contributed by atoms with E-state index in [2.05, 4.69) is 135 Å². The molecule has 0 amide bonds. The van der Waals surface area contributed by atoms with E-state index < -0.39 is 32.5 Å². The van der Waals surface area contributed by atoms with E-state index >= 15 is 0 Å².